The predicted molar refractivity (Wildman–Crippen MR) is 176 cm³/mol. The van der Waals surface area contributed by atoms with Crippen molar-refractivity contribution < 1.29 is 0 Å². The molecule has 7 heteroatoms. The smallest absolute Gasteiger partial charge is 0.179 e. The summed E-state index contributed by atoms with van der Waals surface area (Å²) in [4.78, 5) is 12.8. The fourth-order valence-electron chi connectivity index (χ4n) is 5.81. The molecule has 5 aromatic rings. The molecule has 0 saturated heterocycles. The molecule has 0 amide bonds. The number of nitrogens with one attached hydrogen (secondary N) is 1. The molecule has 1 N–H and O–H groups in total. The number of amidine groups is 2. The second-order valence-corrected chi connectivity index (χ2v) is 11.6. The van der Waals surface area contributed by atoms with Crippen LogP contribution in [0.1, 0.15) is 48.2 Å². The lowest BCUT2D eigenvalue weighted by molar-refractivity contribution is 0.795. The predicted octanol–water partition coefficient (Wildman–Crippen LogP) is 9.08. The van der Waals surface area contributed by atoms with Gasteiger partial charge in [-0.05, 0) is 79.4 Å². The van der Waals surface area contributed by atoms with Gasteiger partial charge in [0.25, 0.3) is 0 Å². The molecule has 0 saturated carbocycles. The van der Waals surface area contributed by atoms with Crippen molar-refractivity contribution in [3.05, 3.63) is 130 Å². The van der Waals surface area contributed by atoms with Crippen LogP contribution in [-0.2, 0) is 6.42 Å². The number of unbranched alkanes of at least 4 members (excludes halogenated alkanes) is 1. The van der Waals surface area contributed by atoms with Crippen molar-refractivity contribution in [1.29, 1.82) is 0 Å². The summed E-state index contributed by atoms with van der Waals surface area (Å²) >= 11 is 3.72. The van der Waals surface area contributed by atoms with Crippen LogP contribution in [0.4, 0.5) is 22.9 Å². The van der Waals surface area contributed by atoms with Gasteiger partial charge in [0.05, 0.1) is 28.8 Å². The average Bonchev–Trinajstić information content (AvgIpc) is 3.36. The number of anilines is 2. The second kappa shape index (κ2) is 11.1. The number of hydrogen-bond donors (Lipinski definition) is 1. The number of aryl methyl sites for hydroxylation is 2. The van der Waals surface area contributed by atoms with Gasteiger partial charge < -0.3 is 10.2 Å². The number of hydrogen-bond acceptors (Lipinski definition) is 5. The molecule has 208 valence electrons. The van der Waals surface area contributed by atoms with Gasteiger partial charge in [0.1, 0.15) is 0 Å². The molecule has 0 spiro atoms. The molecule has 6 nitrogen and oxygen atoms in total. The minimum Gasteiger partial charge on any atom is -0.337 e. The van der Waals surface area contributed by atoms with Crippen molar-refractivity contribution in [1.82, 2.24) is 9.78 Å². The highest BCUT2D eigenvalue weighted by molar-refractivity contribution is 9.10. The topological polar surface area (TPSA) is 57.8 Å². The first-order valence-electron chi connectivity index (χ1n) is 14.4. The number of halogens is 1. The number of rotatable bonds is 6. The summed E-state index contributed by atoms with van der Waals surface area (Å²) in [5, 5.41) is 8.65. The van der Waals surface area contributed by atoms with Crippen LogP contribution in [0.15, 0.2) is 118 Å². The zero-order valence-corrected chi connectivity index (χ0v) is 25.2. The van der Waals surface area contributed by atoms with Crippen molar-refractivity contribution in [3.63, 3.8) is 0 Å². The largest absolute Gasteiger partial charge is 0.337 e. The van der Waals surface area contributed by atoms with Crippen LogP contribution < -0.4 is 10.2 Å². The lowest BCUT2D eigenvalue weighted by Crippen LogP contribution is -2.46. The molecule has 2 aliphatic rings. The highest BCUT2D eigenvalue weighted by atomic mass is 79.9. The Morgan fingerprint density at radius 3 is 2.43 bits per heavy atom. The standard InChI is InChI=1S/C35H31BrN6/c1-3-4-11-24-18-20-27(21-19-24)37-33-35-39-34-31(23(2)40-42(34)28-14-6-5-7-15-28)32(25-12-10-13-26(36)22-25)41(35)30-17-9-8-16-29(30)38-33/h5-10,12-22,32H,3-4,11H2,1-2H3,(H,37,38)/t32-/m0/s1. The second-order valence-electron chi connectivity index (χ2n) is 10.7. The Balaban J connectivity index is 1.42. The van der Waals surface area contributed by atoms with E-state index in [1.165, 1.54) is 18.4 Å². The van der Waals surface area contributed by atoms with E-state index in [-0.39, 0.29) is 6.04 Å². The zero-order chi connectivity index (χ0) is 28.6. The average molecular weight is 616 g/mol. The third-order valence-electron chi connectivity index (χ3n) is 7.84. The third-order valence-corrected chi connectivity index (χ3v) is 8.33. The van der Waals surface area contributed by atoms with Crippen molar-refractivity contribution >= 4 is 50.5 Å². The third kappa shape index (κ3) is 4.73. The summed E-state index contributed by atoms with van der Waals surface area (Å²) in [7, 11) is 0. The Kier molecular flexibility index (Phi) is 6.96. The van der Waals surface area contributed by atoms with Crippen molar-refractivity contribution in [2.45, 2.75) is 39.2 Å². The van der Waals surface area contributed by atoms with Crippen LogP contribution in [-0.4, -0.2) is 21.5 Å². The Morgan fingerprint density at radius 1 is 0.857 bits per heavy atom. The molecule has 4 aromatic carbocycles. The highest BCUT2D eigenvalue weighted by Crippen LogP contribution is 2.48. The Bertz CT molecular complexity index is 1820. The van der Waals surface area contributed by atoms with Gasteiger partial charge in [0, 0.05) is 15.7 Å². The summed E-state index contributed by atoms with van der Waals surface area (Å²) in [6.07, 6.45) is 3.47. The summed E-state index contributed by atoms with van der Waals surface area (Å²) in [5.41, 5.74) is 8.37. The summed E-state index contributed by atoms with van der Waals surface area (Å²) in [6.45, 7) is 4.30. The fraction of sp³-hybridized carbons (Fsp3) is 0.171. The summed E-state index contributed by atoms with van der Waals surface area (Å²) in [5.74, 6) is 2.29. The van der Waals surface area contributed by atoms with Gasteiger partial charge in [-0.25, -0.2) is 14.7 Å². The number of para-hydroxylation sites is 3. The molecule has 0 bridgehead atoms. The van der Waals surface area contributed by atoms with E-state index in [0.29, 0.717) is 5.84 Å². The van der Waals surface area contributed by atoms with E-state index < -0.39 is 0 Å². The molecule has 2 aliphatic heterocycles. The van der Waals surface area contributed by atoms with Gasteiger partial charge in [0.15, 0.2) is 17.5 Å². The zero-order valence-electron chi connectivity index (χ0n) is 23.6. The normalized spacial score (nSPS) is 15.3. The molecule has 0 fully saturated rings. The van der Waals surface area contributed by atoms with Crippen molar-refractivity contribution in [3.8, 4) is 5.69 Å². The molecule has 0 aliphatic carbocycles. The molecule has 42 heavy (non-hydrogen) atoms. The molecular formula is C35H31BrN6. The first-order chi connectivity index (χ1) is 20.6. The van der Waals surface area contributed by atoms with E-state index in [1.54, 1.807) is 0 Å². The first kappa shape index (κ1) is 26.4. The molecular weight excluding hydrogens is 584 g/mol. The summed E-state index contributed by atoms with van der Waals surface area (Å²) < 4.78 is 2.99. The van der Waals surface area contributed by atoms with Gasteiger partial charge >= 0.3 is 0 Å². The molecule has 0 unspecified atom stereocenters. The van der Waals surface area contributed by atoms with Gasteiger partial charge in [-0.1, -0.05) is 83.9 Å². The number of benzene rings is 4. The monoisotopic (exact) mass is 614 g/mol. The van der Waals surface area contributed by atoms with E-state index in [1.807, 2.05) is 28.9 Å². The lowest BCUT2D eigenvalue weighted by atomic mass is 9.93. The number of aromatic nitrogens is 2. The molecule has 3 heterocycles. The number of fused-ring (bicyclic) bond motifs is 4. The Morgan fingerprint density at radius 2 is 1.64 bits per heavy atom. The van der Waals surface area contributed by atoms with Crippen LogP contribution in [0.5, 0.6) is 0 Å². The van der Waals surface area contributed by atoms with Gasteiger partial charge in [-0.15, -0.1) is 0 Å². The van der Waals surface area contributed by atoms with Gasteiger partial charge in [-0.3, -0.25) is 0 Å². The van der Waals surface area contributed by atoms with Crippen molar-refractivity contribution in [2.24, 2.45) is 9.98 Å². The van der Waals surface area contributed by atoms with E-state index >= 15 is 0 Å². The Labute approximate surface area is 254 Å². The first-order valence-corrected chi connectivity index (χ1v) is 15.2. The quantitative estimate of drug-likeness (QED) is 0.207. The maximum atomic E-state index is 5.34. The van der Waals surface area contributed by atoms with E-state index in [0.717, 1.165) is 62.1 Å². The number of aliphatic imine (C=N–C) groups is 2. The van der Waals surface area contributed by atoms with Crippen LogP contribution in [0.25, 0.3) is 5.69 Å². The number of nitrogens with zero attached hydrogens (tertiary/aromatic N) is 5. The van der Waals surface area contributed by atoms with Crippen LogP contribution in [0.3, 0.4) is 0 Å². The van der Waals surface area contributed by atoms with Gasteiger partial charge in [-0.2, -0.15) is 5.10 Å². The van der Waals surface area contributed by atoms with E-state index in [9.17, 15) is 0 Å². The highest BCUT2D eigenvalue weighted by Gasteiger charge is 2.41. The molecule has 1 aromatic heterocycles. The summed E-state index contributed by atoms with van der Waals surface area (Å²) in [6, 6.07) is 35.5. The SMILES string of the molecule is CCCCc1ccc(NC2=Nc3ccccc3N3C2=Nc2c(c(C)nn2-c2ccccc2)[C@@H]3c2cccc(Br)c2)cc1. The minimum atomic E-state index is -0.160. The van der Waals surface area contributed by atoms with E-state index in [2.05, 4.69) is 119 Å². The fourth-order valence-corrected chi connectivity index (χ4v) is 6.23. The maximum absolute atomic E-state index is 5.34. The molecule has 7 rings (SSSR count). The molecule has 0 radical (unpaired) electrons. The van der Waals surface area contributed by atoms with Crippen LogP contribution in [0, 0.1) is 6.92 Å². The van der Waals surface area contributed by atoms with Crippen LogP contribution in [0.2, 0.25) is 0 Å². The molecule has 1 atom stereocenters. The van der Waals surface area contributed by atoms with E-state index in [4.69, 9.17) is 15.1 Å². The maximum Gasteiger partial charge on any atom is 0.179 e. The van der Waals surface area contributed by atoms with Crippen LogP contribution >= 0.6 is 15.9 Å². The van der Waals surface area contributed by atoms with Gasteiger partial charge in [0.2, 0.25) is 0 Å². The van der Waals surface area contributed by atoms with Crippen molar-refractivity contribution in [2.75, 3.05) is 10.2 Å². The minimum absolute atomic E-state index is 0.160. The lowest BCUT2D eigenvalue weighted by Gasteiger charge is -2.40. The Hall–Kier alpha value is -4.49.